The van der Waals surface area contributed by atoms with Crippen molar-refractivity contribution in [2.24, 2.45) is 0 Å². The third-order valence-electron chi connectivity index (χ3n) is 9.42. The van der Waals surface area contributed by atoms with Crippen molar-refractivity contribution in [1.82, 2.24) is 39.0 Å². The maximum absolute atomic E-state index is 14.4. The van der Waals surface area contributed by atoms with Gasteiger partial charge in [-0.1, -0.05) is 65.8 Å². The smallest absolute Gasteiger partial charge is 0.310 e. The van der Waals surface area contributed by atoms with Crippen LogP contribution in [-0.2, 0) is 10.8 Å². The summed E-state index contributed by atoms with van der Waals surface area (Å²) in [6.07, 6.45) is 6.32. The number of aromatic nitrogens is 8. The van der Waals surface area contributed by atoms with Crippen molar-refractivity contribution in [2.45, 2.75) is 52.4 Å². The van der Waals surface area contributed by atoms with Gasteiger partial charge in [0.25, 0.3) is 11.1 Å². The Labute approximate surface area is 327 Å². The molecule has 0 fully saturated rings. The van der Waals surface area contributed by atoms with Crippen molar-refractivity contribution < 1.29 is 9.47 Å². The van der Waals surface area contributed by atoms with Crippen LogP contribution in [0.4, 0.5) is 0 Å². The third kappa shape index (κ3) is 6.16. The Morgan fingerprint density at radius 3 is 1.20 bits per heavy atom. The Balaban J connectivity index is 1.18. The summed E-state index contributed by atoms with van der Waals surface area (Å²) < 4.78 is 16.4. The minimum absolute atomic E-state index is 0.0531. The van der Waals surface area contributed by atoms with E-state index in [4.69, 9.17) is 19.4 Å². The van der Waals surface area contributed by atoms with Crippen molar-refractivity contribution in [3.05, 3.63) is 129 Å². The molecule has 3 aromatic carbocycles. The Hall–Kier alpha value is -6.38. The average molecular weight is 779 g/mol. The third-order valence-corrected chi connectivity index (χ3v) is 11.6. The molecule has 0 radical (unpaired) electrons. The molecule has 56 heavy (non-hydrogen) atoms. The fourth-order valence-electron chi connectivity index (χ4n) is 6.40. The van der Waals surface area contributed by atoms with E-state index in [1.165, 1.54) is 31.8 Å². The molecular weight excluding hydrogens is 745 g/mol. The van der Waals surface area contributed by atoms with Crippen LogP contribution in [0.3, 0.4) is 0 Å². The van der Waals surface area contributed by atoms with Gasteiger partial charge in [-0.3, -0.25) is 9.59 Å². The molecule has 14 heteroatoms. The molecule has 9 aromatic rings. The van der Waals surface area contributed by atoms with Gasteiger partial charge in [0.05, 0.1) is 11.4 Å². The molecule has 278 valence electrons. The van der Waals surface area contributed by atoms with E-state index in [1.807, 2.05) is 48.5 Å². The molecule has 0 atom stereocenters. The molecule has 0 saturated heterocycles. The fourth-order valence-corrected chi connectivity index (χ4v) is 8.34. The molecule has 9 rings (SSSR count). The van der Waals surface area contributed by atoms with Gasteiger partial charge in [-0.25, -0.2) is 29.1 Å². The van der Waals surface area contributed by atoms with Crippen LogP contribution < -0.4 is 20.6 Å². The summed E-state index contributed by atoms with van der Waals surface area (Å²) in [6.45, 7) is 12.8. The first-order valence-electron chi connectivity index (χ1n) is 17.8. The van der Waals surface area contributed by atoms with Gasteiger partial charge in [-0.15, -0.1) is 22.7 Å². The lowest BCUT2D eigenvalue weighted by Crippen LogP contribution is -2.22. The van der Waals surface area contributed by atoms with Crippen LogP contribution in [0.2, 0.25) is 0 Å². The summed E-state index contributed by atoms with van der Waals surface area (Å²) in [7, 11) is 0. The minimum Gasteiger partial charge on any atom is -0.425 e. The lowest BCUT2D eigenvalue weighted by atomic mass is 9.87. The maximum atomic E-state index is 14.4. The van der Waals surface area contributed by atoms with E-state index < -0.39 is 0 Å². The number of hydrogen-bond donors (Lipinski definition) is 0. The lowest BCUT2D eigenvalue weighted by Gasteiger charge is -2.19. The highest BCUT2D eigenvalue weighted by Crippen LogP contribution is 2.35. The predicted octanol–water partition coefficient (Wildman–Crippen LogP) is 9.27. The van der Waals surface area contributed by atoms with Crippen molar-refractivity contribution in [2.75, 3.05) is 0 Å². The number of nitrogens with zero attached hydrogens (tertiary/aromatic N) is 8. The fraction of sp³-hybridized carbons (Fsp3) is 0.190. The van der Waals surface area contributed by atoms with Crippen molar-refractivity contribution in [1.29, 1.82) is 0 Å². The van der Waals surface area contributed by atoms with E-state index in [2.05, 4.69) is 61.5 Å². The van der Waals surface area contributed by atoms with Crippen LogP contribution in [0.1, 0.15) is 52.7 Å². The molecule has 12 nitrogen and oxygen atoms in total. The number of benzene rings is 3. The van der Waals surface area contributed by atoms with Crippen molar-refractivity contribution in [3.63, 3.8) is 0 Å². The van der Waals surface area contributed by atoms with E-state index in [0.29, 0.717) is 64.0 Å². The molecule has 0 unspecified atom stereocenters. The van der Waals surface area contributed by atoms with Gasteiger partial charge in [0.2, 0.25) is 0 Å². The number of hydrogen-bond acceptors (Lipinski definition) is 12. The standard InChI is InChI=1S/C42H34N8O4S2/c1-41(2,3)23-7-15-27(16-8-23)53-39-47-29-31-35(45-21-19-43-31)55-33(29)37(51)49(39)25-11-13-26(14-12-25)50-38(52)34-30(32-36(56-34)46-22-20-44-32)48-40(50)54-28-17-9-24(10-18-28)42(4,5)6/h7-22H,1-6H3. The SMILES string of the molecule is CC(C)(C)c1ccc(Oc2nc3c(sc4nccnc43)c(=O)n2-c2ccc(-n3c(Oc4ccc(C(C)(C)C)cc4)nc4c(sc5nccnc54)c3=O)cc2)cc1. The zero-order valence-corrected chi connectivity index (χ0v) is 32.9. The summed E-state index contributed by atoms with van der Waals surface area (Å²) in [5.74, 6) is 1.02. The number of rotatable bonds is 6. The number of thiophene rings is 2. The predicted molar refractivity (Wildman–Crippen MR) is 221 cm³/mol. The van der Waals surface area contributed by atoms with Gasteiger partial charge in [0.1, 0.15) is 52.6 Å². The molecule has 0 bridgehead atoms. The Kier molecular flexibility index (Phi) is 8.29. The zero-order valence-electron chi connectivity index (χ0n) is 31.3. The molecule has 0 aliphatic carbocycles. The summed E-state index contributed by atoms with van der Waals surface area (Å²) in [6, 6.07) is 22.5. The van der Waals surface area contributed by atoms with E-state index in [1.54, 1.807) is 49.1 Å². The maximum Gasteiger partial charge on any atom is 0.310 e. The lowest BCUT2D eigenvalue weighted by molar-refractivity contribution is 0.426. The largest absolute Gasteiger partial charge is 0.425 e. The van der Waals surface area contributed by atoms with Crippen LogP contribution in [0.5, 0.6) is 23.5 Å². The molecule has 0 aliphatic rings. The van der Waals surface area contributed by atoms with Gasteiger partial charge >= 0.3 is 12.0 Å². The van der Waals surface area contributed by atoms with Gasteiger partial charge in [0.15, 0.2) is 0 Å². The van der Waals surface area contributed by atoms with Crippen LogP contribution in [0.25, 0.3) is 52.5 Å². The summed E-state index contributed by atoms with van der Waals surface area (Å²) >= 11 is 2.44. The summed E-state index contributed by atoms with van der Waals surface area (Å²) in [5, 5.41) is 0. The van der Waals surface area contributed by atoms with Crippen LogP contribution in [-0.4, -0.2) is 39.0 Å². The quantitative estimate of drug-likeness (QED) is 0.160. The van der Waals surface area contributed by atoms with E-state index in [9.17, 15) is 9.59 Å². The van der Waals surface area contributed by atoms with Crippen molar-refractivity contribution >= 4 is 63.8 Å². The van der Waals surface area contributed by atoms with E-state index in [0.717, 1.165) is 11.1 Å². The van der Waals surface area contributed by atoms with Crippen LogP contribution >= 0.6 is 22.7 Å². The second-order valence-electron chi connectivity index (χ2n) is 15.3. The normalized spacial score (nSPS) is 12.2. The topological polar surface area (TPSA) is 140 Å². The van der Waals surface area contributed by atoms with Gasteiger partial charge in [-0.2, -0.15) is 9.97 Å². The number of ether oxygens (including phenoxy) is 2. The second kappa shape index (κ2) is 13.1. The Morgan fingerprint density at radius 2 is 0.839 bits per heavy atom. The molecular formula is C42H34N8O4S2. The molecule has 0 aliphatic heterocycles. The first-order chi connectivity index (χ1) is 26.8. The molecule has 0 spiro atoms. The van der Waals surface area contributed by atoms with Gasteiger partial charge < -0.3 is 9.47 Å². The highest BCUT2D eigenvalue weighted by Gasteiger charge is 2.23. The molecule has 6 aromatic heterocycles. The van der Waals surface area contributed by atoms with Crippen LogP contribution in [0.15, 0.2) is 107 Å². The first kappa shape index (κ1) is 35.3. The van der Waals surface area contributed by atoms with Crippen molar-refractivity contribution in [3.8, 4) is 34.9 Å². The van der Waals surface area contributed by atoms with Crippen LogP contribution in [0, 0.1) is 0 Å². The Morgan fingerprint density at radius 1 is 0.482 bits per heavy atom. The minimum atomic E-state index is -0.345. The molecule has 0 amide bonds. The van der Waals surface area contributed by atoms with Gasteiger partial charge in [0, 0.05) is 24.8 Å². The van der Waals surface area contributed by atoms with E-state index in [-0.39, 0.29) is 34.0 Å². The summed E-state index contributed by atoms with van der Waals surface area (Å²) in [5.41, 5.74) is 4.27. The first-order valence-corrected chi connectivity index (χ1v) is 19.5. The zero-order chi connectivity index (χ0) is 38.9. The molecule has 6 heterocycles. The van der Waals surface area contributed by atoms with Gasteiger partial charge in [-0.05, 0) is 70.5 Å². The monoisotopic (exact) mass is 778 g/mol. The molecule has 0 saturated carbocycles. The second-order valence-corrected chi connectivity index (χ2v) is 17.3. The number of fused-ring (bicyclic) bond motifs is 6. The highest BCUT2D eigenvalue weighted by molar-refractivity contribution is 7.25. The van der Waals surface area contributed by atoms with E-state index >= 15 is 0 Å². The Bertz CT molecular complexity index is 2870. The average Bonchev–Trinajstić information content (AvgIpc) is 3.74. The summed E-state index contributed by atoms with van der Waals surface area (Å²) in [4.78, 5) is 57.4. The highest BCUT2D eigenvalue weighted by atomic mass is 32.1. The molecule has 0 N–H and O–H groups in total.